The van der Waals surface area contributed by atoms with Gasteiger partial charge in [-0.2, -0.15) is 0 Å². The first kappa shape index (κ1) is 9.49. The topological polar surface area (TPSA) is 12.0 Å². The van der Waals surface area contributed by atoms with E-state index >= 15 is 0 Å². The van der Waals surface area contributed by atoms with Crippen LogP contribution in [0.3, 0.4) is 0 Å². The van der Waals surface area contributed by atoms with Crippen molar-refractivity contribution in [2.24, 2.45) is 0 Å². The van der Waals surface area contributed by atoms with Crippen LogP contribution in [0, 0.1) is 12.7 Å². The van der Waals surface area contributed by atoms with Crippen LogP contribution in [0.4, 0.5) is 4.39 Å². The van der Waals surface area contributed by atoms with Gasteiger partial charge in [0.1, 0.15) is 5.82 Å². The third-order valence-corrected chi connectivity index (χ3v) is 1.89. The average molecular weight is 188 g/mol. The second-order valence-corrected chi connectivity index (χ2v) is 3.16. The van der Waals surface area contributed by atoms with Crippen LogP contribution in [0.2, 0.25) is 5.02 Å². The largest absolute Gasteiger partial charge is 0.316 e. The fourth-order valence-electron chi connectivity index (χ4n) is 1.12. The van der Waals surface area contributed by atoms with E-state index in [1.54, 1.807) is 19.2 Å². The molecule has 0 radical (unpaired) electrons. The van der Waals surface area contributed by atoms with Gasteiger partial charge in [-0.05, 0) is 25.6 Å². The van der Waals surface area contributed by atoms with Gasteiger partial charge in [0, 0.05) is 12.1 Å². The SMILES string of the molecule is CNCc1cc(C)cc(Cl)c1F. The Hall–Kier alpha value is -0.600. The minimum absolute atomic E-state index is 0.195. The summed E-state index contributed by atoms with van der Waals surface area (Å²) in [4.78, 5) is 0. The van der Waals surface area contributed by atoms with Crippen molar-refractivity contribution in [3.05, 3.63) is 34.1 Å². The van der Waals surface area contributed by atoms with E-state index in [-0.39, 0.29) is 10.8 Å². The van der Waals surface area contributed by atoms with Crippen LogP contribution in [0.1, 0.15) is 11.1 Å². The van der Waals surface area contributed by atoms with Crippen LogP contribution in [0.15, 0.2) is 12.1 Å². The molecule has 0 bridgehead atoms. The van der Waals surface area contributed by atoms with Crippen molar-refractivity contribution >= 4 is 11.6 Å². The van der Waals surface area contributed by atoms with E-state index < -0.39 is 0 Å². The average Bonchev–Trinajstić information content (AvgIpc) is 2.00. The maximum absolute atomic E-state index is 13.2. The highest BCUT2D eigenvalue weighted by atomic mass is 35.5. The zero-order valence-corrected chi connectivity index (χ0v) is 7.87. The Morgan fingerprint density at radius 2 is 2.17 bits per heavy atom. The third kappa shape index (κ3) is 1.96. The summed E-state index contributed by atoms with van der Waals surface area (Å²) in [6, 6.07) is 3.41. The van der Waals surface area contributed by atoms with Crippen LogP contribution >= 0.6 is 11.6 Å². The Morgan fingerprint density at radius 1 is 1.50 bits per heavy atom. The zero-order valence-electron chi connectivity index (χ0n) is 7.12. The maximum Gasteiger partial charge on any atom is 0.146 e. The molecule has 1 aromatic carbocycles. The molecular weight excluding hydrogens is 177 g/mol. The molecule has 0 atom stereocenters. The normalized spacial score (nSPS) is 10.3. The molecule has 0 aliphatic carbocycles. The smallest absolute Gasteiger partial charge is 0.146 e. The molecule has 0 aromatic heterocycles. The second kappa shape index (κ2) is 3.87. The first-order valence-corrected chi connectivity index (χ1v) is 4.12. The lowest BCUT2D eigenvalue weighted by Gasteiger charge is -2.05. The van der Waals surface area contributed by atoms with Gasteiger partial charge in [0.15, 0.2) is 0 Å². The molecule has 0 unspecified atom stereocenters. The van der Waals surface area contributed by atoms with Gasteiger partial charge in [-0.1, -0.05) is 17.7 Å². The summed E-state index contributed by atoms with van der Waals surface area (Å²) in [5, 5.41) is 3.08. The van der Waals surface area contributed by atoms with E-state index in [1.807, 2.05) is 6.92 Å². The lowest BCUT2D eigenvalue weighted by Crippen LogP contribution is -2.07. The monoisotopic (exact) mass is 187 g/mol. The summed E-state index contributed by atoms with van der Waals surface area (Å²) < 4.78 is 13.2. The maximum atomic E-state index is 13.2. The van der Waals surface area contributed by atoms with Crippen molar-refractivity contribution in [2.75, 3.05) is 7.05 Å². The van der Waals surface area contributed by atoms with Crippen molar-refractivity contribution in [2.45, 2.75) is 13.5 Å². The molecule has 0 fully saturated rings. The molecule has 0 aliphatic heterocycles. The van der Waals surface area contributed by atoms with E-state index in [1.165, 1.54) is 0 Å². The van der Waals surface area contributed by atoms with Gasteiger partial charge < -0.3 is 5.32 Å². The number of aryl methyl sites for hydroxylation is 1. The van der Waals surface area contributed by atoms with Crippen molar-refractivity contribution in [1.82, 2.24) is 5.32 Å². The van der Waals surface area contributed by atoms with E-state index in [2.05, 4.69) is 5.32 Å². The van der Waals surface area contributed by atoms with Crippen molar-refractivity contribution in [3.8, 4) is 0 Å². The quantitative estimate of drug-likeness (QED) is 0.750. The van der Waals surface area contributed by atoms with Crippen molar-refractivity contribution < 1.29 is 4.39 Å². The van der Waals surface area contributed by atoms with Crippen LogP contribution in [-0.2, 0) is 6.54 Å². The molecule has 3 heteroatoms. The van der Waals surface area contributed by atoms with Gasteiger partial charge in [0.2, 0.25) is 0 Å². The molecule has 0 saturated carbocycles. The van der Waals surface area contributed by atoms with Crippen molar-refractivity contribution in [1.29, 1.82) is 0 Å². The molecule has 1 aromatic rings. The molecule has 12 heavy (non-hydrogen) atoms. The lowest BCUT2D eigenvalue weighted by molar-refractivity contribution is 0.601. The molecule has 1 N–H and O–H groups in total. The number of nitrogens with one attached hydrogen (secondary N) is 1. The lowest BCUT2D eigenvalue weighted by atomic mass is 10.1. The van der Waals surface area contributed by atoms with Gasteiger partial charge >= 0.3 is 0 Å². The van der Waals surface area contributed by atoms with E-state index in [4.69, 9.17) is 11.6 Å². The number of halogens is 2. The van der Waals surface area contributed by atoms with Gasteiger partial charge in [-0.25, -0.2) is 4.39 Å². The molecule has 0 heterocycles. The fraction of sp³-hybridized carbons (Fsp3) is 0.333. The summed E-state index contributed by atoms with van der Waals surface area (Å²) in [7, 11) is 1.77. The van der Waals surface area contributed by atoms with Crippen LogP contribution in [0.5, 0.6) is 0 Å². The minimum atomic E-state index is -0.323. The van der Waals surface area contributed by atoms with Gasteiger partial charge in [-0.3, -0.25) is 0 Å². The van der Waals surface area contributed by atoms with Crippen LogP contribution < -0.4 is 5.32 Å². The fourth-order valence-corrected chi connectivity index (χ4v) is 1.41. The molecule has 0 amide bonds. The standard InChI is InChI=1S/C9H11ClFN/c1-6-3-7(5-12-2)9(11)8(10)4-6/h3-4,12H,5H2,1-2H3. The first-order chi connectivity index (χ1) is 5.65. The summed E-state index contributed by atoms with van der Waals surface area (Å²) in [6.07, 6.45) is 0. The number of rotatable bonds is 2. The highest BCUT2D eigenvalue weighted by Crippen LogP contribution is 2.20. The number of hydrogen-bond donors (Lipinski definition) is 1. The highest BCUT2D eigenvalue weighted by molar-refractivity contribution is 6.30. The Balaban J connectivity index is 3.09. The Kier molecular flexibility index (Phi) is 3.06. The first-order valence-electron chi connectivity index (χ1n) is 3.74. The molecule has 1 nitrogen and oxygen atoms in total. The molecule has 1 rings (SSSR count). The van der Waals surface area contributed by atoms with Gasteiger partial charge in [-0.15, -0.1) is 0 Å². The zero-order chi connectivity index (χ0) is 9.14. The summed E-state index contributed by atoms with van der Waals surface area (Å²) in [5.74, 6) is -0.323. The van der Waals surface area contributed by atoms with E-state index in [0.29, 0.717) is 12.1 Å². The van der Waals surface area contributed by atoms with E-state index in [0.717, 1.165) is 5.56 Å². The number of benzene rings is 1. The van der Waals surface area contributed by atoms with E-state index in [9.17, 15) is 4.39 Å². The molecule has 0 saturated heterocycles. The minimum Gasteiger partial charge on any atom is -0.316 e. The number of hydrogen-bond acceptors (Lipinski definition) is 1. The highest BCUT2D eigenvalue weighted by Gasteiger charge is 2.06. The summed E-state index contributed by atoms with van der Waals surface area (Å²) in [5.41, 5.74) is 1.59. The molecule has 0 aliphatic rings. The summed E-state index contributed by atoms with van der Waals surface area (Å²) in [6.45, 7) is 2.40. The Labute approximate surface area is 76.5 Å². The predicted octanol–water partition coefficient (Wildman–Crippen LogP) is 2.51. The van der Waals surface area contributed by atoms with Gasteiger partial charge in [0.05, 0.1) is 5.02 Å². The molecular formula is C9H11ClFN. The van der Waals surface area contributed by atoms with Gasteiger partial charge in [0.25, 0.3) is 0 Å². The molecule has 0 spiro atoms. The second-order valence-electron chi connectivity index (χ2n) is 2.75. The Morgan fingerprint density at radius 3 is 2.75 bits per heavy atom. The summed E-state index contributed by atoms with van der Waals surface area (Å²) >= 11 is 5.65. The predicted molar refractivity (Wildman–Crippen MR) is 48.9 cm³/mol. The van der Waals surface area contributed by atoms with Crippen molar-refractivity contribution in [3.63, 3.8) is 0 Å². The Bertz CT molecular complexity index is 286. The van der Waals surface area contributed by atoms with Crippen LogP contribution in [-0.4, -0.2) is 7.05 Å². The molecule has 66 valence electrons. The van der Waals surface area contributed by atoms with Crippen LogP contribution in [0.25, 0.3) is 0 Å². The third-order valence-electron chi connectivity index (χ3n) is 1.62.